The molecule has 6 heteroatoms. The molecule has 0 saturated heterocycles. The minimum absolute atomic E-state index is 0. The smallest absolute Gasteiger partial charge is 0.549 e. The summed E-state index contributed by atoms with van der Waals surface area (Å²) in [5.41, 5.74) is 0. The second-order valence-electron chi connectivity index (χ2n) is 6.37. The van der Waals surface area contributed by atoms with Crippen LogP contribution < -0.4 is 56.5 Å². The van der Waals surface area contributed by atoms with Gasteiger partial charge in [0, 0.05) is 6.54 Å². The summed E-state index contributed by atoms with van der Waals surface area (Å²) in [4.78, 5) is 22.6. The number of aliphatic carboxylic acids is 2. The Balaban J connectivity index is 0. The van der Waals surface area contributed by atoms with Gasteiger partial charge in [0.25, 0.3) is 0 Å². The summed E-state index contributed by atoms with van der Waals surface area (Å²) in [6.07, 6.45) is 14.9. The molecule has 0 aliphatic carbocycles. The Kier molecular flexibility index (Phi) is 22.1. The summed E-state index contributed by atoms with van der Waals surface area (Å²) < 4.78 is 0. The first-order valence-electron chi connectivity index (χ1n) is 9.20. The molecule has 0 rings (SSSR count). The van der Waals surface area contributed by atoms with E-state index in [2.05, 4.69) is 6.92 Å². The van der Waals surface area contributed by atoms with Crippen LogP contribution in [0, 0.1) is 0 Å². The van der Waals surface area contributed by atoms with E-state index in [0.717, 1.165) is 19.3 Å². The Morgan fingerprint density at radius 3 is 1.58 bits per heavy atom. The van der Waals surface area contributed by atoms with E-state index in [0.29, 0.717) is 6.54 Å². The maximum atomic E-state index is 10.7. The van der Waals surface area contributed by atoms with Crippen LogP contribution in [-0.2, 0) is 9.59 Å². The molecule has 0 spiro atoms. The average Bonchev–Trinajstić information content (AvgIpc) is 2.47. The van der Waals surface area contributed by atoms with Crippen LogP contribution in [0.1, 0.15) is 84.0 Å². The van der Waals surface area contributed by atoms with Gasteiger partial charge in [0.2, 0.25) is 0 Å². The van der Waals surface area contributed by atoms with Gasteiger partial charge >= 0.3 is 57.4 Å². The number of rotatable bonds is 17. The summed E-state index contributed by atoms with van der Waals surface area (Å²) in [6, 6.07) is 0. The summed E-state index contributed by atoms with van der Waals surface area (Å²) in [7, 11) is 0. The van der Waals surface area contributed by atoms with E-state index in [1.807, 2.05) is 0 Å². The maximum absolute atomic E-state index is 10.7. The number of carboxylic acid groups (broad SMARTS) is 2. The first-order valence-corrected chi connectivity index (χ1v) is 9.20. The Labute approximate surface area is 190 Å². The van der Waals surface area contributed by atoms with Crippen molar-refractivity contribution in [1.82, 2.24) is 4.90 Å². The van der Waals surface area contributed by atoms with Crippen molar-refractivity contribution in [3.05, 3.63) is 0 Å². The van der Waals surface area contributed by atoms with E-state index in [9.17, 15) is 14.7 Å². The van der Waals surface area contributed by atoms with Crippen LogP contribution >= 0.6 is 0 Å². The molecule has 0 amide bonds. The summed E-state index contributed by atoms with van der Waals surface area (Å²) in [5.74, 6) is -2.21. The van der Waals surface area contributed by atoms with Crippen molar-refractivity contribution < 1.29 is 71.2 Å². The third-order valence-electron chi connectivity index (χ3n) is 4.04. The number of carbonyl (C=O) groups is 2. The van der Waals surface area contributed by atoms with E-state index in [4.69, 9.17) is 5.11 Å². The van der Waals surface area contributed by atoms with E-state index >= 15 is 0 Å². The zero-order valence-corrected chi connectivity index (χ0v) is 18.8. The predicted octanol–water partition coefficient (Wildman–Crippen LogP) is -0.172. The Hall–Kier alpha value is 0.536. The molecule has 0 radical (unpaired) electrons. The van der Waals surface area contributed by atoms with Crippen LogP contribution in [0.25, 0.3) is 0 Å². The van der Waals surface area contributed by atoms with Crippen molar-refractivity contribution in [2.75, 3.05) is 19.6 Å². The molecule has 0 fully saturated rings. The predicted molar refractivity (Wildman–Crippen MR) is 90.2 cm³/mol. The molecule has 24 heavy (non-hydrogen) atoms. The van der Waals surface area contributed by atoms with Gasteiger partial charge in [-0.05, 0) is 13.0 Å². The van der Waals surface area contributed by atoms with Crippen LogP contribution in [0.2, 0.25) is 0 Å². The number of hydrogen-bond acceptors (Lipinski definition) is 4. The minimum Gasteiger partial charge on any atom is -0.549 e. The van der Waals surface area contributed by atoms with E-state index in [1.165, 1.54) is 62.7 Å². The van der Waals surface area contributed by atoms with Crippen LogP contribution in [0.3, 0.4) is 0 Å². The molecule has 1 N–H and O–H groups in total. The van der Waals surface area contributed by atoms with Gasteiger partial charge in [-0.3, -0.25) is 9.69 Å². The van der Waals surface area contributed by atoms with Crippen molar-refractivity contribution in [3.8, 4) is 0 Å². The SMILES string of the molecule is CCCCCCCCCCCCCCN(CC(=O)[O-])CC(=O)O.[K+]. The molecule has 0 aromatic carbocycles. The van der Waals surface area contributed by atoms with Crippen LogP contribution in [-0.4, -0.2) is 41.6 Å². The zero-order valence-electron chi connectivity index (χ0n) is 15.7. The molecule has 0 atom stereocenters. The molecule has 0 unspecified atom stereocenters. The monoisotopic (exact) mass is 367 g/mol. The number of nitrogens with zero attached hydrogens (tertiary/aromatic N) is 1. The Morgan fingerprint density at radius 1 is 0.792 bits per heavy atom. The molecule has 0 heterocycles. The van der Waals surface area contributed by atoms with Gasteiger partial charge in [0.1, 0.15) is 0 Å². The van der Waals surface area contributed by atoms with Crippen molar-refractivity contribution in [3.63, 3.8) is 0 Å². The second kappa shape index (κ2) is 19.9. The van der Waals surface area contributed by atoms with Gasteiger partial charge in [-0.1, -0.05) is 77.6 Å². The maximum Gasteiger partial charge on any atom is 1.00 e. The average molecular weight is 368 g/mol. The quantitative estimate of drug-likeness (QED) is 0.285. The Morgan fingerprint density at radius 2 is 1.21 bits per heavy atom. The number of unbranched alkanes of at least 4 members (excludes halogenated alkanes) is 11. The topological polar surface area (TPSA) is 80.7 Å². The molecule has 5 nitrogen and oxygen atoms in total. The number of carbonyl (C=O) groups excluding carboxylic acids is 1. The van der Waals surface area contributed by atoms with Gasteiger partial charge in [0.15, 0.2) is 0 Å². The summed E-state index contributed by atoms with van der Waals surface area (Å²) in [5, 5.41) is 19.3. The van der Waals surface area contributed by atoms with Gasteiger partial charge < -0.3 is 15.0 Å². The van der Waals surface area contributed by atoms with Crippen molar-refractivity contribution in [2.24, 2.45) is 0 Å². The third-order valence-corrected chi connectivity index (χ3v) is 4.04. The molecule has 136 valence electrons. The third kappa shape index (κ3) is 20.6. The molecule has 0 saturated carbocycles. The first kappa shape index (κ1) is 26.8. The Bertz CT molecular complexity index is 297. The van der Waals surface area contributed by atoms with E-state index in [1.54, 1.807) is 0 Å². The molecule has 0 bridgehead atoms. The van der Waals surface area contributed by atoms with Gasteiger partial charge in [-0.2, -0.15) is 0 Å². The van der Waals surface area contributed by atoms with Crippen molar-refractivity contribution >= 4 is 11.9 Å². The number of hydrogen-bond donors (Lipinski definition) is 1. The minimum atomic E-state index is -1.22. The zero-order chi connectivity index (χ0) is 17.3. The molecule has 0 aliphatic heterocycles. The first-order chi connectivity index (χ1) is 11.1. The second-order valence-corrected chi connectivity index (χ2v) is 6.37. The van der Waals surface area contributed by atoms with Gasteiger partial charge in [-0.25, -0.2) is 0 Å². The van der Waals surface area contributed by atoms with Gasteiger partial charge in [0.05, 0.1) is 12.5 Å². The molecule has 0 aromatic heterocycles. The van der Waals surface area contributed by atoms with Crippen molar-refractivity contribution in [2.45, 2.75) is 84.0 Å². The fraction of sp³-hybridized carbons (Fsp3) is 0.889. The molecular formula is C18H34KNO4. The molecular weight excluding hydrogens is 333 g/mol. The van der Waals surface area contributed by atoms with E-state index < -0.39 is 11.9 Å². The van der Waals surface area contributed by atoms with Crippen LogP contribution in [0.5, 0.6) is 0 Å². The fourth-order valence-corrected chi connectivity index (χ4v) is 2.76. The summed E-state index contributed by atoms with van der Waals surface area (Å²) in [6.45, 7) is 2.22. The van der Waals surface area contributed by atoms with Crippen LogP contribution in [0.4, 0.5) is 0 Å². The summed E-state index contributed by atoms with van der Waals surface area (Å²) >= 11 is 0. The van der Waals surface area contributed by atoms with E-state index in [-0.39, 0.29) is 64.5 Å². The number of carboxylic acids is 2. The largest absolute Gasteiger partial charge is 1.00 e. The van der Waals surface area contributed by atoms with Crippen LogP contribution in [0.15, 0.2) is 0 Å². The standard InChI is InChI=1S/C18H35NO4.K/c1-2-3-4-5-6-7-8-9-10-11-12-13-14-19(15-17(20)21)16-18(22)23;/h2-16H2,1H3,(H,20,21)(H,22,23);/q;+1/p-1. The fourth-order valence-electron chi connectivity index (χ4n) is 2.76. The molecule has 0 aliphatic rings. The normalized spacial score (nSPS) is 10.6. The molecule has 0 aromatic rings. The van der Waals surface area contributed by atoms with Gasteiger partial charge in [-0.15, -0.1) is 0 Å². The van der Waals surface area contributed by atoms with Crippen molar-refractivity contribution in [1.29, 1.82) is 0 Å².